The first-order chi connectivity index (χ1) is 8.69. The first-order valence-electron chi connectivity index (χ1n) is 6.12. The Morgan fingerprint density at radius 1 is 1.56 bits per heavy atom. The summed E-state index contributed by atoms with van der Waals surface area (Å²) in [5.74, 6) is 0.541. The molecule has 0 aliphatic carbocycles. The maximum Gasteiger partial charge on any atom is 0.396 e. The first-order valence-corrected chi connectivity index (χ1v) is 6.93. The Balaban J connectivity index is 2.06. The third-order valence-electron chi connectivity index (χ3n) is 3.72. The lowest BCUT2D eigenvalue weighted by molar-refractivity contribution is 0.315. The largest absolute Gasteiger partial charge is 0.414 e. The highest BCUT2D eigenvalue weighted by Gasteiger charge is 2.31. The van der Waals surface area contributed by atoms with E-state index in [1.54, 1.807) is 0 Å². The maximum absolute atomic E-state index is 11.4. The highest BCUT2D eigenvalue weighted by atomic mass is 32.1. The summed E-state index contributed by atoms with van der Waals surface area (Å²) < 4.78 is 6.16. The first kappa shape index (κ1) is 11.9. The van der Waals surface area contributed by atoms with E-state index in [4.69, 9.17) is 10.2 Å². The van der Waals surface area contributed by atoms with Crippen molar-refractivity contribution in [2.75, 3.05) is 20.1 Å². The van der Waals surface area contributed by atoms with Crippen LogP contribution in [0, 0.1) is 5.92 Å². The number of hydrogen-bond acceptors (Lipinski definition) is 5. The van der Waals surface area contributed by atoms with Crippen molar-refractivity contribution in [3.05, 3.63) is 33.5 Å². The van der Waals surface area contributed by atoms with Gasteiger partial charge >= 0.3 is 4.94 Å². The lowest BCUT2D eigenvalue weighted by atomic mass is 10.00. The smallest absolute Gasteiger partial charge is 0.396 e. The highest BCUT2D eigenvalue weighted by molar-refractivity contribution is 7.16. The molecule has 4 nitrogen and oxygen atoms in total. The van der Waals surface area contributed by atoms with E-state index in [2.05, 4.69) is 18.0 Å². The molecule has 0 bridgehead atoms. The molecule has 2 heterocycles. The molecular formula is C13H16N2O2S. The second-order valence-electron chi connectivity index (χ2n) is 4.92. The Morgan fingerprint density at radius 2 is 2.39 bits per heavy atom. The van der Waals surface area contributed by atoms with E-state index in [9.17, 15) is 4.79 Å². The molecule has 2 N–H and O–H groups in total. The molecule has 1 saturated heterocycles. The van der Waals surface area contributed by atoms with Crippen LogP contribution in [-0.2, 0) is 0 Å². The van der Waals surface area contributed by atoms with E-state index in [0.717, 1.165) is 24.2 Å². The number of fused-ring (bicyclic) bond motifs is 1. The summed E-state index contributed by atoms with van der Waals surface area (Å²) in [5.41, 5.74) is 7.66. The average Bonchev–Trinajstić information content (AvgIpc) is 2.90. The topological polar surface area (TPSA) is 59.5 Å². The van der Waals surface area contributed by atoms with Crippen LogP contribution in [0.4, 0.5) is 0 Å². The second kappa shape index (κ2) is 4.50. The number of hydrogen-bond donors (Lipinski definition) is 1. The van der Waals surface area contributed by atoms with Gasteiger partial charge < -0.3 is 10.2 Å². The van der Waals surface area contributed by atoms with E-state index in [1.807, 2.05) is 12.1 Å². The van der Waals surface area contributed by atoms with Gasteiger partial charge in [0.15, 0.2) is 0 Å². The second-order valence-corrected chi connectivity index (χ2v) is 5.87. The van der Waals surface area contributed by atoms with Gasteiger partial charge in [0.2, 0.25) is 0 Å². The van der Waals surface area contributed by atoms with Crippen LogP contribution in [0.1, 0.15) is 18.0 Å². The van der Waals surface area contributed by atoms with Gasteiger partial charge in [-0.05, 0) is 37.6 Å². The summed E-state index contributed by atoms with van der Waals surface area (Å²) in [6, 6.07) is 6.24. The van der Waals surface area contributed by atoms with Crippen LogP contribution < -0.4 is 10.7 Å². The van der Waals surface area contributed by atoms with Gasteiger partial charge in [-0.25, -0.2) is 4.79 Å². The standard InChI is InChI=1S/C13H16N2O2S/c1-15-7-8(6-14)5-10(15)9-3-2-4-11-12(9)18-13(16)17-11/h2-4,8,10H,5-7,14H2,1H3. The fourth-order valence-electron chi connectivity index (χ4n) is 2.82. The van der Waals surface area contributed by atoms with Crippen LogP contribution in [0.3, 0.4) is 0 Å². The monoisotopic (exact) mass is 264 g/mol. The van der Waals surface area contributed by atoms with E-state index < -0.39 is 0 Å². The van der Waals surface area contributed by atoms with Crippen molar-refractivity contribution in [3.63, 3.8) is 0 Å². The van der Waals surface area contributed by atoms with Gasteiger partial charge in [0.05, 0.1) is 4.70 Å². The van der Waals surface area contributed by atoms with Gasteiger partial charge in [0.25, 0.3) is 0 Å². The number of nitrogens with zero attached hydrogens (tertiary/aromatic N) is 1. The Bertz CT molecular complexity index is 619. The van der Waals surface area contributed by atoms with Crippen molar-refractivity contribution >= 4 is 21.6 Å². The van der Waals surface area contributed by atoms with Crippen molar-refractivity contribution in [3.8, 4) is 0 Å². The minimum absolute atomic E-state index is 0.228. The molecule has 1 fully saturated rings. The van der Waals surface area contributed by atoms with Crippen LogP contribution in [0.5, 0.6) is 0 Å². The maximum atomic E-state index is 11.4. The number of benzene rings is 1. The zero-order valence-corrected chi connectivity index (χ0v) is 11.1. The molecule has 1 aliphatic heterocycles. The van der Waals surface area contributed by atoms with Gasteiger partial charge in [-0.1, -0.05) is 23.5 Å². The molecular weight excluding hydrogens is 248 g/mol. The van der Waals surface area contributed by atoms with Crippen molar-refractivity contribution < 1.29 is 4.42 Å². The predicted octanol–water partition coefficient (Wildman–Crippen LogP) is 1.81. The predicted molar refractivity (Wildman–Crippen MR) is 72.9 cm³/mol. The Labute approximate surface area is 109 Å². The third-order valence-corrected chi connectivity index (χ3v) is 4.61. The number of rotatable bonds is 2. The summed E-state index contributed by atoms with van der Waals surface area (Å²) in [4.78, 5) is 13.5. The van der Waals surface area contributed by atoms with Crippen LogP contribution >= 0.6 is 11.3 Å². The normalized spacial score (nSPS) is 25.0. The summed E-state index contributed by atoms with van der Waals surface area (Å²) in [6.07, 6.45) is 1.05. The van der Waals surface area contributed by atoms with Gasteiger partial charge in [-0.15, -0.1) is 0 Å². The van der Waals surface area contributed by atoms with Crippen molar-refractivity contribution in [2.45, 2.75) is 12.5 Å². The Hall–Kier alpha value is -1.17. The molecule has 1 aromatic heterocycles. The molecule has 0 radical (unpaired) electrons. The fraction of sp³-hybridized carbons (Fsp3) is 0.462. The summed E-state index contributed by atoms with van der Waals surface area (Å²) >= 11 is 1.20. The summed E-state index contributed by atoms with van der Waals surface area (Å²) in [7, 11) is 2.11. The van der Waals surface area contributed by atoms with Gasteiger partial charge in [-0.2, -0.15) is 0 Å². The average molecular weight is 264 g/mol. The summed E-state index contributed by atoms with van der Waals surface area (Å²) in [6.45, 7) is 1.74. The number of likely N-dealkylation sites (tertiary alicyclic amines) is 1. The molecule has 0 saturated carbocycles. The molecule has 96 valence electrons. The van der Waals surface area contributed by atoms with E-state index in [0.29, 0.717) is 17.5 Å². The van der Waals surface area contributed by atoms with Crippen LogP contribution in [0.15, 0.2) is 27.4 Å². The van der Waals surface area contributed by atoms with Crippen LogP contribution in [0.2, 0.25) is 0 Å². The SMILES string of the molecule is CN1CC(CN)CC1c1cccc2oc(=O)sc12. The zero-order chi connectivity index (χ0) is 12.7. The number of nitrogens with two attached hydrogens (primary N) is 1. The zero-order valence-electron chi connectivity index (χ0n) is 10.3. The molecule has 1 aliphatic rings. The lowest BCUT2D eigenvalue weighted by Gasteiger charge is -2.19. The van der Waals surface area contributed by atoms with Crippen molar-refractivity contribution in [1.82, 2.24) is 4.90 Å². The van der Waals surface area contributed by atoms with E-state index in [-0.39, 0.29) is 4.94 Å². The molecule has 1 aromatic carbocycles. The van der Waals surface area contributed by atoms with Crippen molar-refractivity contribution in [2.24, 2.45) is 11.7 Å². The summed E-state index contributed by atoms with van der Waals surface area (Å²) in [5, 5.41) is 0. The minimum Gasteiger partial charge on any atom is -0.414 e. The van der Waals surface area contributed by atoms with Gasteiger partial charge in [0, 0.05) is 12.6 Å². The van der Waals surface area contributed by atoms with Crippen molar-refractivity contribution in [1.29, 1.82) is 0 Å². The highest BCUT2D eigenvalue weighted by Crippen LogP contribution is 2.37. The van der Waals surface area contributed by atoms with Gasteiger partial charge in [0.1, 0.15) is 5.58 Å². The fourth-order valence-corrected chi connectivity index (χ4v) is 3.65. The Kier molecular flexibility index (Phi) is 2.97. The third kappa shape index (κ3) is 1.88. The molecule has 2 unspecified atom stereocenters. The molecule has 3 rings (SSSR count). The molecule has 18 heavy (non-hydrogen) atoms. The van der Waals surface area contributed by atoms with E-state index >= 15 is 0 Å². The molecule has 2 atom stereocenters. The lowest BCUT2D eigenvalue weighted by Crippen LogP contribution is -2.20. The molecule has 0 amide bonds. The molecule has 2 aromatic rings. The quantitative estimate of drug-likeness (QED) is 0.898. The minimum atomic E-state index is -0.228. The Morgan fingerprint density at radius 3 is 3.11 bits per heavy atom. The van der Waals surface area contributed by atoms with Crippen LogP contribution in [0.25, 0.3) is 10.3 Å². The van der Waals surface area contributed by atoms with Crippen LogP contribution in [-0.4, -0.2) is 25.0 Å². The van der Waals surface area contributed by atoms with E-state index in [1.165, 1.54) is 16.9 Å². The van der Waals surface area contributed by atoms with Gasteiger partial charge in [-0.3, -0.25) is 4.90 Å². The molecule has 5 heteroatoms. The molecule has 0 spiro atoms.